The molecule has 0 aliphatic rings. The Morgan fingerprint density at radius 3 is 2.05 bits per heavy atom. The molecule has 0 aliphatic carbocycles. The maximum Gasteiger partial charge on any atom is 0.244 e. The van der Waals surface area contributed by atoms with Crippen molar-refractivity contribution >= 4 is 21.4 Å². The fourth-order valence-electron chi connectivity index (χ4n) is 1.61. The molecule has 1 aromatic rings. The van der Waals surface area contributed by atoms with Gasteiger partial charge in [0.05, 0.1) is 10.4 Å². The summed E-state index contributed by atoms with van der Waals surface area (Å²) in [6.45, 7) is 3.71. The van der Waals surface area contributed by atoms with Crippen molar-refractivity contribution in [2.24, 2.45) is 5.73 Å². The third-order valence-corrected chi connectivity index (χ3v) is 4.38. The van der Waals surface area contributed by atoms with E-state index in [9.17, 15) is 13.2 Å². The number of sulfone groups is 1. The molecule has 19 heavy (non-hydrogen) atoms. The van der Waals surface area contributed by atoms with E-state index in [1.807, 2.05) is 13.8 Å². The van der Waals surface area contributed by atoms with Gasteiger partial charge in [-0.1, -0.05) is 13.8 Å². The zero-order chi connectivity index (χ0) is 14.7. The van der Waals surface area contributed by atoms with Gasteiger partial charge in [0, 0.05) is 11.9 Å². The second-order valence-corrected chi connectivity index (χ2v) is 6.63. The smallest absolute Gasteiger partial charge is 0.244 e. The molecule has 0 bridgehead atoms. The van der Waals surface area contributed by atoms with Gasteiger partial charge in [0.25, 0.3) is 0 Å². The molecule has 0 unspecified atom stereocenters. The van der Waals surface area contributed by atoms with Crippen LogP contribution in [0.5, 0.6) is 0 Å². The molecule has 0 heterocycles. The average Bonchev–Trinajstić information content (AvgIpc) is 2.37. The molecule has 3 N–H and O–H groups in total. The molecule has 0 saturated carbocycles. The van der Waals surface area contributed by atoms with Crippen molar-refractivity contribution < 1.29 is 13.2 Å². The molecule has 106 valence electrons. The van der Waals surface area contributed by atoms with Crippen LogP contribution in [0.1, 0.15) is 26.7 Å². The van der Waals surface area contributed by atoms with Crippen molar-refractivity contribution in [3.05, 3.63) is 24.3 Å². The molecule has 1 aromatic carbocycles. The second kappa shape index (κ2) is 5.71. The molecule has 5 nitrogen and oxygen atoms in total. The number of nitrogens with one attached hydrogen (secondary N) is 1. The standard InChI is InChI=1S/C13H20N2O3S/c1-4-13(14,5-2)12(16)15-10-6-8-11(9-7-10)19(3,17)18/h6-9H,4-5,14H2,1-3H3,(H,15,16). The van der Waals surface area contributed by atoms with Crippen LogP contribution in [0.3, 0.4) is 0 Å². The van der Waals surface area contributed by atoms with Crippen LogP contribution in [0.2, 0.25) is 0 Å². The summed E-state index contributed by atoms with van der Waals surface area (Å²) in [7, 11) is -3.22. The Bertz CT molecular complexity index is 546. The predicted molar refractivity (Wildman–Crippen MR) is 75.7 cm³/mol. The molecule has 1 amide bonds. The molecule has 0 atom stereocenters. The van der Waals surface area contributed by atoms with Gasteiger partial charge in [0.15, 0.2) is 9.84 Å². The van der Waals surface area contributed by atoms with E-state index in [0.717, 1.165) is 6.26 Å². The number of carbonyl (C=O) groups excluding carboxylic acids is 1. The van der Waals surface area contributed by atoms with Crippen molar-refractivity contribution in [3.63, 3.8) is 0 Å². The zero-order valence-electron chi connectivity index (χ0n) is 11.4. The monoisotopic (exact) mass is 284 g/mol. The number of anilines is 1. The summed E-state index contributed by atoms with van der Waals surface area (Å²) in [4.78, 5) is 12.2. The van der Waals surface area contributed by atoms with Crippen LogP contribution in [0, 0.1) is 0 Å². The number of amides is 1. The van der Waals surface area contributed by atoms with Gasteiger partial charge in [-0.05, 0) is 37.1 Å². The third kappa shape index (κ3) is 3.78. The second-order valence-electron chi connectivity index (χ2n) is 4.61. The normalized spacial score (nSPS) is 12.2. The Morgan fingerprint density at radius 2 is 1.68 bits per heavy atom. The number of carbonyl (C=O) groups is 1. The maximum absolute atomic E-state index is 12.0. The zero-order valence-corrected chi connectivity index (χ0v) is 12.3. The summed E-state index contributed by atoms with van der Waals surface area (Å²) in [6.07, 6.45) is 2.22. The Balaban J connectivity index is 2.88. The third-order valence-electron chi connectivity index (χ3n) is 3.25. The van der Waals surface area contributed by atoms with Gasteiger partial charge in [-0.3, -0.25) is 4.79 Å². The first-order chi connectivity index (χ1) is 8.73. The van der Waals surface area contributed by atoms with Crippen LogP contribution in [0.15, 0.2) is 29.2 Å². The SMILES string of the molecule is CCC(N)(CC)C(=O)Nc1ccc(S(C)(=O)=O)cc1. The largest absolute Gasteiger partial charge is 0.324 e. The van der Waals surface area contributed by atoms with Gasteiger partial charge < -0.3 is 11.1 Å². The van der Waals surface area contributed by atoms with Gasteiger partial charge in [-0.15, -0.1) is 0 Å². The highest BCUT2D eigenvalue weighted by atomic mass is 32.2. The van der Waals surface area contributed by atoms with E-state index in [2.05, 4.69) is 5.32 Å². The van der Waals surface area contributed by atoms with Crippen molar-refractivity contribution in [1.29, 1.82) is 0 Å². The number of hydrogen-bond donors (Lipinski definition) is 2. The van der Waals surface area contributed by atoms with E-state index >= 15 is 0 Å². The molecule has 1 rings (SSSR count). The molecule has 0 spiro atoms. The lowest BCUT2D eigenvalue weighted by Gasteiger charge is -2.25. The fraction of sp³-hybridized carbons (Fsp3) is 0.462. The molecule has 0 fully saturated rings. The molecule has 0 radical (unpaired) electrons. The maximum atomic E-state index is 12.0. The summed E-state index contributed by atoms with van der Waals surface area (Å²) in [5.41, 5.74) is 5.62. The molecule has 0 aliphatic heterocycles. The van der Waals surface area contributed by atoms with Crippen LogP contribution in [0.4, 0.5) is 5.69 Å². The topological polar surface area (TPSA) is 89.3 Å². The molecule has 0 saturated heterocycles. The predicted octanol–water partition coefficient (Wildman–Crippen LogP) is 1.55. The van der Waals surface area contributed by atoms with Crippen molar-refractivity contribution in [1.82, 2.24) is 0 Å². The number of hydrogen-bond acceptors (Lipinski definition) is 4. The van der Waals surface area contributed by atoms with Gasteiger partial charge in [0.2, 0.25) is 5.91 Å². The van der Waals surface area contributed by atoms with Crippen molar-refractivity contribution in [2.45, 2.75) is 37.1 Å². The number of rotatable bonds is 5. The lowest BCUT2D eigenvalue weighted by atomic mass is 9.93. The summed E-state index contributed by atoms with van der Waals surface area (Å²) in [5.74, 6) is -0.260. The minimum absolute atomic E-state index is 0.218. The van der Waals surface area contributed by atoms with E-state index < -0.39 is 15.4 Å². The van der Waals surface area contributed by atoms with E-state index in [4.69, 9.17) is 5.73 Å². The van der Waals surface area contributed by atoms with Crippen LogP contribution < -0.4 is 11.1 Å². The first-order valence-electron chi connectivity index (χ1n) is 6.13. The fourth-order valence-corrected chi connectivity index (χ4v) is 2.24. The summed E-state index contributed by atoms with van der Waals surface area (Å²) in [6, 6.07) is 6.03. The van der Waals surface area contributed by atoms with Crippen LogP contribution >= 0.6 is 0 Å². The van der Waals surface area contributed by atoms with Crippen molar-refractivity contribution in [3.8, 4) is 0 Å². The lowest BCUT2D eigenvalue weighted by Crippen LogP contribution is -2.50. The van der Waals surface area contributed by atoms with E-state index in [1.54, 1.807) is 12.1 Å². The minimum atomic E-state index is -3.22. The van der Waals surface area contributed by atoms with E-state index in [-0.39, 0.29) is 10.8 Å². The first-order valence-corrected chi connectivity index (χ1v) is 8.02. The quantitative estimate of drug-likeness (QED) is 0.858. The summed E-state index contributed by atoms with van der Waals surface area (Å²) < 4.78 is 22.6. The van der Waals surface area contributed by atoms with Crippen molar-refractivity contribution in [2.75, 3.05) is 11.6 Å². The van der Waals surface area contributed by atoms with Crippen LogP contribution in [-0.2, 0) is 14.6 Å². The highest BCUT2D eigenvalue weighted by Gasteiger charge is 2.29. The van der Waals surface area contributed by atoms with Gasteiger partial charge in [-0.2, -0.15) is 0 Å². The summed E-state index contributed by atoms with van der Waals surface area (Å²) in [5, 5.41) is 2.70. The average molecular weight is 284 g/mol. The lowest BCUT2D eigenvalue weighted by molar-refractivity contribution is -0.121. The highest BCUT2D eigenvalue weighted by Crippen LogP contribution is 2.17. The number of nitrogens with two attached hydrogens (primary N) is 1. The Morgan fingerprint density at radius 1 is 1.21 bits per heavy atom. The van der Waals surface area contributed by atoms with Crippen LogP contribution in [-0.4, -0.2) is 26.1 Å². The Labute approximate surface area is 114 Å². The minimum Gasteiger partial charge on any atom is -0.324 e. The highest BCUT2D eigenvalue weighted by molar-refractivity contribution is 7.90. The van der Waals surface area contributed by atoms with Gasteiger partial charge in [-0.25, -0.2) is 8.42 Å². The van der Waals surface area contributed by atoms with E-state index in [0.29, 0.717) is 18.5 Å². The molecular formula is C13H20N2O3S. The molecular weight excluding hydrogens is 264 g/mol. The first kappa shape index (κ1) is 15.7. The Kier molecular flexibility index (Phi) is 4.70. The van der Waals surface area contributed by atoms with Gasteiger partial charge >= 0.3 is 0 Å². The van der Waals surface area contributed by atoms with Gasteiger partial charge in [0.1, 0.15) is 0 Å². The molecule has 6 heteroatoms. The summed E-state index contributed by atoms with van der Waals surface area (Å²) >= 11 is 0. The molecule has 0 aromatic heterocycles. The Hall–Kier alpha value is -1.40. The number of benzene rings is 1. The van der Waals surface area contributed by atoms with E-state index in [1.165, 1.54) is 12.1 Å². The van der Waals surface area contributed by atoms with Crippen LogP contribution in [0.25, 0.3) is 0 Å².